The second kappa shape index (κ2) is 5.17. The number of ketones is 1. The third-order valence-electron chi connectivity index (χ3n) is 8.81. The molecule has 24 heavy (non-hydrogen) atoms. The van der Waals surface area contributed by atoms with Crippen molar-refractivity contribution in [1.29, 1.82) is 0 Å². The molecule has 0 unspecified atom stereocenters. The minimum absolute atomic E-state index is 0.0370. The van der Waals surface area contributed by atoms with E-state index in [0.29, 0.717) is 24.2 Å². The zero-order valence-corrected chi connectivity index (χ0v) is 15.3. The Kier molecular flexibility index (Phi) is 3.61. The van der Waals surface area contributed by atoms with Crippen molar-refractivity contribution in [3.05, 3.63) is 11.6 Å². The van der Waals surface area contributed by atoms with Gasteiger partial charge in [0.25, 0.3) is 0 Å². The molecule has 0 aromatic rings. The van der Waals surface area contributed by atoms with Crippen LogP contribution in [0.25, 0.3) is 0 Å². The van der Waals surface area contributed by atoms with E-state index in [1.807, 2.05) is 0 Å². The Labute approximate surface area is 145 Å². The molecule has 0 aromatic carbocycles. The summed E-state index contributed by atoms with van der Waals surface area (Å²) in [5.41, 5.74) is 0.331. The monoisotopic (exact) mass is 332 g/mol. The van der Waals surface area contributed by atoms with Crippen LogP contribution in [0.5, 0.6) is 0 Å². The van der Waals surface area contributed by atoms with Gasteiger partial charge in [-0.1, -0.05) is 25.5 Å². The predicted octanol–water partition coefficient (Wildman–Crippen LogP) is 3.63. The molecule has 3 fully saturated rings. The van der Waals surface area contributed by atoms with E-state index in [4.69, 9.17) is 0 Å². The van der Waals surface area contributed by atoms with Crippen LogP contribution in [0.3, 0.4) is 0 Å². The molecule has 7 atom stereocenters. The normalized spacial score (nSPS) is 53.6. The predicted molar refractivity (Wildman–Crippen MR) is 93.3 cm³/mol. The lowest BCUT2D eigenvalue weighted by atomic mass is 9.47. The summed E-state index contributed by atoms with van der Waals surface area (Å²) in [4.78, 5) is 12.2. The zero-order chi connectivity index (χ0) is 17.3. The average molecular weight is 332 g/mol. The van der Waals surface area contributed by atoms with Crippen molar-refractivity contribution in [2.75, 3.05) is 0 Å². The molecule has 0 radical (unpaired) electrons. The van der Waals surface area contributed by atoms with E-state index in [0.717, 1.165) is 44.9 Å². The van der Waals surface area contributed by atoms with Crippen LogP contribution in [0.4, 0.5) is 0 Å². The van der Waals surface area contributed by atoms with Crippen LogP contribution < -0.4 is 0 Å². The first-order chi connectivity index (χ1) is 11.2. The first-order valence-electron chi connectivity index (χ1n) is 9.83. The largest absolute Gasteiger partial charge is 0.393 e. The Morgan fingerprint density at radius 2 is 1.83 bits per heavy atom. The number of aliphatic hydroxyl groups is 2. The quantitative estimate of drug-likeness (QED) is 0.721. The summed E-state index contributed by atoms with van der Waals surface area (Å²) >= 11 is 0. The summed E-state index contributed by atoms with van der Waals surface area (Å²) in [6.07, 6.45) is 9.84. The van der Waals surface area contributed by atoms with Crippen molar-refractivity contribution in [3.63, 3.8) is 0 Å². The number of rotatable bonds is 1. The first-order valence-corrected chi connectivity index (χ1v) is 9.83. The number of hydrogen-bond donors (Lipinski definition) is 2. The molecule has 134 valence electrons. The lowest BCUT2D eigenvalue weighted by molar-refractivity contribution is -0.159. The van der Waals surface area contributed by atoms with E-state index in [2.05, 4.69) is 19.9 Å². The summed E-state index contributed by atoms with van der Waals surface area (Å²) in [5.74, 6) is 1.65. The molecule has 3 nitrogen and oxygen atoms in total. The van der Waals surface area contributed by atoms with Crippen LogP contribution in [0.2, 0.25) is 0 Å². The molecular weight excluding hydrogens is 300 g/mol. The number of allylic oxidation sites excluding steroid dienone is 1. The minimum atomic E-state index is -1.11. The number of Topliss-reactive ketones (excluding diaryl/α,β-unsaturated/α-hetero) is 1. The standard InChI is InChI=1S/C21H32O3/c1-13(22)21(24)11-8-18-16-5-4-14-12-15(23)6-9-19(14,2)17(16)7-10-20(18,21)3/h4,15-18,23-24H,5-12H2,1-3H3/t15-,16-,17-,18-,19-,20+,21+/m0/s1. The Balaban J connectivity index is 1.69. The molecule has 0 aromatic heterocycles. The fourth-order valence-corrected chi connectivity index (χ4v) is 7.24. The molecular formula is C21H32O3. The number of carbonyl (C=O) groups is 1. The van der Waals surface area contributed by atoms with Gasteiger partial charge < -0.3 is 10.2 Å². The molecule has 0 saturated heterocycles. The van der Waals surface area contributed by atoms with Gasteiger partial charge in [0.05, 0.1) is 6.10 Å². The van der Waals surface area contributed by atoms with Crippen LogP contribution in [0, 0.1) is 28.6 Å². The van der Waals surface area contributed by atoms with E-state index in [9.17, 15) is 15.0 Å². The van der Waals surface area contributed by atoms with Crippen molar-refractivity contribution in [1.82, 2.24) is 0 Å². The van der Waals surface area contributed by atoms with Gasteiger partial charge in [0.15, 0.2) is 5.78 Å². The van der Waals surface area contributed by atoms with Crippen molar-refractivity contribution >= 4 is 5.78 Å². The van der Waals surface area contributed by atoms with Crippen LogP contribution in [-0.4, -0.2) is 27.7 Å². The van der Waals surface area contributed by atoms with Crippen molar-refractivity contribution in [2.45, 2.75) is 83.8 Å². The van der Waals surface area contributed by atoms with Gasteiger partial charge >= 0.3 is 0 Å². The summed E-state index contributed by atoms with van der Waals surface area (Å²) in [5, 5.41) is 21.2. The van der Waals surface area contributed by atoms with Gasteiger partial charge in [-0.15, -0.1) is 0 Å². The van der Waals surface area contributed by atoms with Gasteiger partial charge in [-0.3, -0.25) is 4.79 Å². The number of aliphatic hydroxyl groups excluding tert-OH is 1. The number of fused-ring (bicyclic) bond motifs is 5. The van der Waals surface area contributed by atoms with E-state index in [1.54, 1.807) is 6.92 Å². The summed E-state index contributed by atoms with van der Waals surface area (Å²) < 4.78 is 0. The topological polar surface area (TPSA) is 57.5 Å². The van der Waals surface area contributed by atoms with Gasteiger partial charge in [-0.2, -0.15) is 0 Å². The molecule has 3 heteroatoms. The van der Waals surface area contributed by atoms with Crippen LogP contribution in [-0.2, 0) is 4.79 Å². The SMILES string of the molecule is CC(=O)[C@]1(O)CC[C@H]2[C@H]3CC=C4C[C@@H](O)CC[C@]4(C)[C@H]3CC[C@]21C. The van der Waals surface area contributed by atoms with Crippen molar-refractivity contribution < 1.29 is 15.0 Å². The number of carbonyl (C=O) groups excluding carboxylic acids is 1. The Morgan fingerprint density at radius 3 is 2.54 bits per heavy atom. The Hall–Kier alpha value is -0.670. The second-order valence-corrected chi connectivity index (χ2v) is 9.57. The molecule has 4 aliphatic rings. The molecule has 0 spiro atoms. The van der Waals surface area contributed by atoms with Gasteiger partial charge in [-0.25, -0.2) is 0 Å². The molecule has 4 aliphatic carbocycles. The van der Waals surface area contributed by atoms with E-state index < -0.39 is 5.60 Å². The molecule has 3 saturated carbocycles. The molecule has 0 aliphatic heterocycles. The maximum Gasteiger partial charge on any atom is 0.161 e. The lowest BCUT2D eigenvalue weighted by Crippen LogP contribution is -2.56. The van der Waals surface area contributed by atoms with Crippen molar-refractivity contribution in [2.24, 2.45) is 28.6 Å². The minimum Gasteiger partial charge on any atom is -0.393 e. The van der Waals surface area contributed by atoms with Gasteiger partial charge in [-0.05, 0) is 81.5 Å². The molecule has 0 bridgehead atoms. The first kappa shape index (κ1) is 16.8. The molecule has 2 N–H and O–H groups in total. The smallest absolute Gasteiger partial charge is 0.161 e. The van der Waals surface area contributed by atoms with Gasteiger partial charge in [0, 0.05) is 5.41 Å². The van der Waals surface area contributed by atoms with E-state index in [-0.39, 0.29) is 22.7 Å². The lowest BCUT2D eigenvalue weighted by Gasteiger charge is -2.58. The summed E-state index contributed by atoms with van der Waals surface area (Å²) in [7, 11) is 0. The molecule has 4 rings (SSSR count). The third-order valence-corrected chi connectivity index (χ3v) is 8.81. The van der Waals surface area contributed by atoms with E-state index >= 15 is 0 Å². The van der Waals surface area contributed by atoms with Gasteiger partial charge in [0.1, 0.15) is 5.60 Å². The number of hydrogen-bond acceptors (Lipinski definition) is 3. The molecule has 0 heterocycles. The highest BCUT2D eigenvalue weighted by molar-refractivity contribution is 5.86. The fourth-order valence-electron chi connectivity index (χ4n) is 7.24. The zero-order valence-electron chi connectivity index (χ0n) is 15.3. The fraction of sp³-hybridized carbons (Fsp3) is 0.857. The summed E-state index contributed by atoms with van der Waals surface area (Å²) in [6, 6.07) is 0. The van der Waals surface area contributed by atoms with Crippen LogP contribution in [0.15, 0.2) is 11.6 Å². The maximum atomic E-state index is 12.2. The van der Waals surface area contributed by atoms with Crippen LogP contribution >= 0.6 is 0 Å². The van der Waals surface area contributed by atoms with Gasteiger partial charge in [0.2, 0.25) is 0 Å². The van der Waals surface area contributed by atoms with E-state index in [1.165, 1.54) is 5.57 Å². The van der Waals surface area contributed by atoms with Crippen molar-refractivity contribution in [3.8, 4) is 0 Å². The highest BCUT2D eigenvalue weighted by Gasteiger charge is 2.65. The highest BCUT2D eigenvalue weighted by atomic mass is 16.3. The maximum absolute atomic E-state index is 12.2. The third kappa shape index (κ3) is 1.94. The second-order valence-electron chi connectivity index (χ2n) is 9.57. The van der Waals surface area contributed by atoms with Crippen LogP contribution in [0.1, 0.15) is 72.1 Å². The Morgan fingerprint density at radius 1 is 1.12 bits per heavy atom. The average Bonchev–Trinajstić information content (AvgIpc) is 2.81. The highest BCUT2D eigenvalue weighted by Crippen LogP contribution is 2.67. The molecule has 0 amide bonds. The summed E-state index contributed by atoms with van der Waals surface area (Å²) in [6.45, 7) is 6.16. The Bertz CT molecular complexity index is 596.